The van der Waals surface area contributed by atoms with Gasteiger partial charge in [0, 0.05) is 0 Å². The summed E-state index contributed by atoms with van der Waals surface area (Å²) in [6.07, 6.45) is 0.319. The van der Waals surface area contributed by atoms with E-state index < -0.39 is 26.5 Å². The fourth-order valence-electron chi connectivity index (χ4n) is 5.16. The highest BCUT2D eigenvalue weighted by Crippen LogP contribution is 2.37. The van der Waals surface area contributed by atoms with Gasteiger partial charge in [-0.15, -0.1) is 6.58 Å². The number of allylic oxidation sites excluding steroid dienone is 1. The molecule has 0 spiro atoms. The van der Waals surface area contributed by atoms with Crippen molar-refractivity contribution in [3.05, 3.63) is 109 Å². The van der Waals surface area contributed by atoms with Gasteiger partial charge in [-0.25, -0.2) is 0 Å². The molecule has 2 saturated heterocycles. The van der Waals surface area contributed by atoms with Crippen molar-refractivity contribution in [3.63, 3.8) is 0 Å². The van der Waals surface area contributed by atoms with Crippen molar-refractivity contribution in [2.24, 2.45) is 0 Å². The molecule has 2 fully saturated rings. The quantitative estimate of drug-likeness (QED) is 0.320. The minimum atomic E-state index is -2.81. The first kappa shape index (κ1) is 25.1. The third-order valence-electron chi connectivity index (χ3n) is 6.74. The van der Waals surface area contributed by atoms with Crippen molar-refractivity contribution in [3.8, 4) is 0 Å². The van der Waals surface area contributed by atoms with E-state index in [1.54, 1.807) is 0 Å². The highest BCUT2D eigenvalue weighted by atomic mass is 28.4. The van der Waals surface area contributed by atoms with Crippen LogP contribution < -0.4 is 10.4 Å². The summed E-state index contributed by atoms with van der Waals surface area (Å²) < 4.78 is 32.6. The SMILES string of the molecule is C=CC[Si](O[C@H]1[C@@H](OCc2ccccc2)OC[C@@H]2OC(C)(C)O[C@H]12)(c1ccccc1)c1ccccc1. The zero-order valence-corrected chi connectivity index (χ0v) is 21.9. The zero-order valence-electron chi connectivity index (χ0n) is 20.9. The number of rotatable bonds is 9. The van der Waals surface area contributed by atoms with E-state index in [4.69, 9.17) is 23.4 Å². The molecule has 6 heteroatoms. The average molecular weight is 503 g/mol. The molecular weight excluding hydrogens is 468 g/mol. The zero-order chi connectivity index (χ0) is 25.0. The Hall–Kier alpha value is -2.58. The van der Waals surface area contributed by atoms with E-state index >= 15 is 0 Å². The molecule has 2 aliphatic heterocycles. The van der Waals surface area contributed by atoms with Gasteiger partial charge in [-0.1, -0.05) is 97.1 Å². The normalized spacial score (nSPS) is 25.3. The highest BCUT2D eigenvalue weighted by Gasteiger charge is 2.55. The summed E-state index contributed by atoms with van der Waals surface area (Å²) in [6, 6.07) is 31.7. The molecule has 5 nitrogen and oxygen atoms in total. The second-order valence-electron chi connectivity index (χ2n) is 9.77. The van der Waals surface area contributed by atoms with E-state index in [1.165, 1.54) is 10.4 Å². The largest absolute Gasteiger partial charge is 0.397 e. The Morgan fingerprint density at radius 3 is 2.06 bits per heavy atom. The molecule has 3 aromatic rings. The van der Waals surface area contributed by atoms with Gasteiger partial charge in [-0.05, 0) is 35.8 Å². The predicted molar refractivity (Wildman–Crippen MR) is 143 cm³/mol. The van der Waals surface area contributed by atoms with Crippen molar-refractivity contribution in [1.82, 2.24) is 0 Å². The molecule has 3 aromatic carbocycles. The van der Waals surface area contributed by atoms with E-state index in [0.29, 0.717) is 19.3 Å². The first-order chi connectivity index (χ1) is 17.5. The molecule has 188 valence electrons. The van der Waals surface area contributed by atoms with Crippen molar-refractivity contribution in [1.29, 1.82) is 0 Å². The van der Waals surface area contributed by atoms with Gasteiger partial charge in [0.25, 0.3) is 8.32 Å². The monoisotopic (exact) mass is 502 g/mol. The van der Waals surface area contributed by atoms with E-state index in [0.717, 1.165) is 5.56 Å². The lowest BCUT2D eigenvalue weighted by Gasteiger charge is -2.43. The standard InChI is InChI=1S/C30H34O5Si/c1-4-20-36(24-16-10-6-11-17-24,25-18-12-7-13-19-25)35-28-27-26(33-30(2,3)34-27)22-32-29(28)31-21-23-14-8-5-9-15-23/h4-19,26-29H,1,20-22H2,2-3H3/t26-,27-,28+,29-/m0/s1. The fourth-order valence-corrected chi connectivity index (χ4v) is 8.92. The molecule has 5 rings (SSSR count). The molecule has 0 N–H and O–H groups in total. The second kappa shape index (κ2) is 10.8. The summed E-state index contributed by atoms with van der Waals surface area (Å²) in [7, 11) is -2.81. The summed E-state index contributed by atoms with van der Waals surface area (Å²) >= 11 is 0. The smallest absolute Gasteiger partial charge is 0.260 e. The summed E-state index contributed by atoms with van der Waals surface area (Å²) in [5.41, 5.74) is 1.08. The lowest BCUT2D eigenvalue weighted by atomic mass is 10.1. The van der Waals surface area contributed by atoms with E-state index in [1.807, 2.05) is 62.4 Å². The molecule has 0 saturated carbocycles. The number of fused-ring (bicyclic) bond motifs is 1. The van der Waals surface area contributed by atoms with E-state index in [-0.39, 0.29) is 12.2 Å². The molecule has 0 aromatic heterocycles. The Labute approximate surface area is 214 Å². The first-order valence-corrected chi connectivity index (χ1v) is 14.6. The Kier molecular flexibility index (Phi) is 7.53. The molecule has 36 heavy (non-hydrogen) atoms. The van der Waals surface area contributed by atoms with E-state index in [9.17, 15) is 0 Å². The van der Waals surface area contributed by atoms with Crippen molar-refractivity contribution in [2.75, 3.05) is 6.61 Å². The minimum Gasteiger partial charge on any atom is -0.397 e. The van der Waals surface area contributed by atoms with Crippen molar-refractivity contribution < 1.29 is 23.4 Å². The Balaban J connectivity index is 1.54. The van der Waals surface area contributed by atoms with Gasteiger partial charge in [-0.3, -0.25) is 0 Å². The van der Waals surface area contributed by atoms with Gasteiger partial charge in [0.15, 0.2) is 12.1 Å². The molecule has 4 atom stereocenters. The Bertz CT molecular complexity index is 1080. The predicted octanol–water partition coefficient (Wildman–Crippen LogP) is 4.41. The topological polar surface area (TPSA) is 46.2 Å². The van der Waals surface area contributed by atoms with Gasteiger partial charge in [0.05, 0.1) is 13.2 Å². The van der Waals surface area contributed by atoms with Crippen LogP contribution in [0.3, 0.4) is 0 Å². The highest BCUT2D eigenvalue weighted by molar-refractivity contribution is 6.97. The van der Waals surface area contributed by atoms with Gasteiger partial charge in [0.1, 0.15) is 18.3 Å². The fraction of sp³-hybridized carbons (Fsp3) is 0.333. The molecule has 0 aliphatic carbocycles. The molecule has 0 unspecified atom stereocenters. The van der Waals surface area contributed by atoms with Gasteiger partial charge >= 0.3 is 0 Å². The van der Waals surface area contributed by atoms with Gasteiger partial charge in [-0.2, -0.15) is 0 Å². The molecular formula is C30H34O5Si. The number of hydrogen-bond acceptors (Lipinski definition) is 5. The Morgan fingerprint density at radius 1 is 0.889 bits per heavy atom. The molecule has 2 heterocycles. The summed E-state index contributed by atoms with van der Waals surface area (Å²) in [5.74, 6) is -0.725. The van der Waals surface area contributed by atoms with Crippen molar-refractivity contribution in [2.45, 2.75) is 56.9 Å². The lowest BCUT2D eigenvalue weighted by Crippen LogP contribution is -2.66. The van der Waals surface area contributed by atoms with Gasteiger partial charge < -0.3 is 23.4 Å². The maximum atomic E-state index is 7.31. The minimum absolute atomic E-state index is 0.233. The van der Waals surface area contributed by atoms with Crippen LogP contribution in [0.15, 0.2) is 104 Å². The van der Waals surface area contributed by atoms with Crippen LogP contribution in [0.1, 0.15) is 19.4 Å². The molecule has 0 bridgehead atoms. The van der Waals surface area contributed by atoms with Crippen LogP contribution in [0.4, 0.5) is 0 Å². The molecule has 0 radical (unpaired) electrons. The number of hydrogen-bond donors (Lipinski definition) is 0. The summed E-state index contributed by atoms with van der Waals surface area (Å²) in [6.45, 7) is 8.79. The van der Waals surface area contributed by atoms with Crippen LogP contribution in [-0.2, 0) is 30.0 Å². The second-order valence-corrected chi connectivity index (χ2v) is 13.2. The van der Waals surface area contributed by atoms with Crippen molar-refractivity contribution >= 4 is 18.7 Å². The molecule has 2 aliphatic rings. The summed E-state index contributed by atoms with van der Waals surface area (Å²) in [5, 5.41) is 2.33. The van der Waals surface area contributed by atoms with E-state index in [2.05, 4.69) is 55.1 Å². The number of ether oxygens (including phenoxy) is 4. The van der Waals surface area contributed by atoms with Crippen LogP contribution in [0.2, 0.25) is 6.04 Å². The molecule has 0 amide bonds. The average Bonchev–Trinajstić information content (AvgIpc) is 3.23. The number of benzene rings is 3. The first-order valence-electron chi connectivity index (χ1n) is 12.5. The summed E-state index contributed by atoms with van der Waals surface area (Å²) in [4.78, 5) is 0. The third-order valence-corrected chi connectivity index (χ3v) is 10.8. The van der Waals surface area contributed by atoms with Crippen LogP contribution in [0.25, 0.3) is 0 Å². The Morgan fingerprint density at radius 2 is 1.47 bits per heavy atom. The van der Waals surface area contributed by atoms with Crippen LogP contribution in [0.5, 0.6) is 0 Å². The lowest BCUT2D eigenvalue weighted by molar-refractivity contribution is -0.250. The van der Waals surface area contributed by atoms with Crippen LogP contribution >= 0.6 is 0 Å². The third kappa shape index (κ3) is 5.25. The van der Waals surface area contributed by atoms with Crippen LogP contribution in [0, 0.1) is 0 Å². The maximum Gasteiger partial charge on any atom is 0.260 e. The van der Waals surface area contributed by atoms with Gasteiger partial charge in [0.2, 0.25) is 0 Å². The van der Waals surface area contributed by atoms with Crippen LogP contribution in [-0.4, -0.2) is 45.3 Å². The maximum absolute atomic E-state index is 7.31.